The number of H-pyrrole nitrogens is 1. The second kappa shape index (κ2) is 5.83. The van der Waals surface area contributed by atoms with Crippen LogP contribution in [0, 0.1) is 0 Å². The van der Waals surface area contributed by atoms with Gasteiger partial charge in [0.1, 0.15) is 11.4 Å². The van der Waals surface area contributed by atoms with Crippen LogP contribution in [0.4, 0.5) is 0 Å². The average Bonchev–Trinajstić information content (AvgIpc) is 3.16. The van der Waals surface area contributed by atoms with Crippen molar-refractivity contribution in [2.24, 2.45) is 0 Å². The summed E-state index contributed by atoms with van der Waals surface area (Å²) in [7, 11) is 1.66. The van der Waals surface area contributed by atoms with E-state index in [1.807, 2.05) is 42.6 Å². The summed E-state index contributed by atoms with van der Waals surface area (Å²) in [5.74, 6) is 2.13. The van der Waals surface area contributed by atoms with Crippen molar-refractivity contribution in [3.63, 3.8) is 0 Å². The first-order chi connectivity index (χ1) is 9.85. The highest BCUT2D eigenvalue weighted by atomic mass is 32.2. The number of benzene rings is 1. The maximum atomic E-state index is 5.58. The Morgan fingerprint density at radius 1 is 1.20 bits per heavy atom. The molecule has 0 bridgehead atoms. The van der Waals surface area contributed by atoms with Gasteiger partial charge in [-0.3, -0.25) is 0 Å². The van der Waals surface area contributed by atoms with E-state index in [0.717, 1.165) is 17.2 Å². The molecule has 0 saturated heterocycles. The maximum absolute atomic E-state index is 5.58. The molecule has 0 amide bonds. The Bertz CT molecular complexity index is 662. The van der Waals surface area contributed by atoms with Crippen molar-refractivity contribution in [3.8, 4) is 17.3 Å². The minimum atomic E-state index is 0.507. The number of methoxy groups -OCH3 is 1. The second-order valence-electron chi connectivity index (χ2n) is 4.09. The van der Waals surface area contributed by atoms with Gasteiger partial charge >= 0.3 is 0 Å². The van der Waals surface area contributed by atoms with Crippen molar-refractivity contribution < 1.29 is 9.15 Å². The van der Waals surface area contributed by atoms with Gasteiger partial charge in [0.05, 0.1) is 7.11 Å². The maximum Gasteiger partial charge on any atom is 0.277 e. The molecule has 0 fully saturated rings. The van der Waals surface area contributed by atoms with Gasteiger partial charge in [0.2, 0.25) is 0 Å². The molecule has 0 saturated carbocycles. The molecule has 0 aliphatic rings. The van der Waals surface area contributed by atoms with Gasteiger partial charge in [0.15, 0.2) is 0 Å². The lowest BCUT2D eigenvalue weighted by molar-refractivity contribution is 0.414. The summed E-state index contributed by atoms with van der Waals surface area (Å²) in [5, 5.41) is 8.59. The number of ether oxygens (including phenoxy) is 1. The van der Waals surface area contributed by atoms with Gasteiger partial charge in [-0.25, -0.2) is 0 Å². The molecule has 5 nitrogen and oxygen atoms in total. The van der Waals surface area contributed by atoms with E-state index in [-0.39, 0.29) is 0 Å². The van der Waals surface area contributed by atoms with Crippen LogP contribution in [0.3, 0.4) is 0 Å². The molecule has 0 unspecified atom stereocenters. The van der Waals surface area contributed by atoms with Crippen molar-refractivity contribution in [2.45, 2.75) is 11.0 Å². The third-order valence-electron chi connectivity index (χ3n) is 2.76. The number of thioether (sulfide) groups is 1. The second-order valence-corrected chi connectivity index (χ2v) is 5.02. The molecule has 6 heteroatoms. The molecular formula is C14H13N3O2S. The van der Waals surface area contributed by atoms with Gasteiger partial charge < -0.3 is 14.1 Å². The number of aromatic nitrogens is 3. The fourth-order valence-corrected chi connectivity index (χ4v) is 2.43. The first-order valence-electron chi connectivity index (χ1n) is 6.08. The summed E-state index contributed by atoms with van der Waals surface area (Å²) >= 11 is 1.51. The Morgan fingerprint density at radius 3 is 2.75 bits per heavy atom. The lowest BCUT2D eigenvalue weighted by atomic mass is 10.2. The van der Waals surface area contributed by atoms with Crippen LogP contribution in [-0.4, -0.2) is 22.3 Å². The van der Waals surface area contributed by atoms with E-state index in [9.17, 15) is 0 Å². The molecule has 1 N–H and O–H groups in total. The van der Waals surface area contributed by atoms with E-state index >= 15 is 0 Å². The van der Waals surface area contributed by atoms with Gasteiger partial charge in [-0.2, -0.15) is 0 Å². The van der Waals surface area contributed by atoms with Crippen LogP contribution in [0.25, 0.3) is 11.6 Å². The molecule has 2 heterocycles. The summed E-state index contributed by atoms with van der Waals surface area (Å²) in [5.41, 5.74) is 2.00. The smallest absolute Gasteiger partial charge is 0.277 e. The summed E-state index contributed by atoms with van der Waals surface area (Å²) in [6.45, 7) is 0. The van der Waals surface area contributed by atoms with Crippen LogP contribution >= 0.6 is 11.8 Å². The molecule has 0 radical (unpaired) electrons. The Hall–Kier alpha value is -2.21. The largest absolute Gasteiger partial charge is 0.497 e. The van der Waals surface area contributed by atoms with Gasteiger partial charge in [0, 0.05) is 11.9 Å². The standard InChI is InChI=1S/C14H13N3O2S/c1-18-11-6-4-10(5-7-11)9-20-14-17-16-13(19-14)12-3-2-8-15-12/h2-8,15H,9H2,1H3. The normalized spacial score (nSPS) is 10.7. The molecule has 0 spiro atoms. The number of hydrogen-bond acceptors (Lipinski definition) is 5. The Morgan fingerprint density at radius 2 is 2.05 bits per heavy atom. The molecule has 1 aromatic carbocycles. The quantitative estimate of drug-likeness (QED) is 0.729. The SMILES string of the molecule is COc1ccc(CSc2nnc(-c3ccc[nH]3)o2)cc1. The summed E-state index contributed by atoms with van der Waals surface area (Å²) in [6.07, 6.45) is 1.82. The molecule has 0 aliphatic carbocycles. The van der Waals surface area contributed by atoms with E-state index in [4.69, 9.17) is 9.15 Å². The fourth-order valence-electron chi connectivity index (χ4n) is 1.71. The van der Waals surface area contributed by atoms with Crippen molar-refractivity contribution in [1.29, 1.82) is 0 Å². The summed E-state index contributed by atoms with van der Waals surface area (Å²) in [6, 6.07) is 11.7. The lowest BCUT2D eigenvalue weighted by Gasteiger charge is -2.01. The lowest BCUT2D eigenvalue weighted by Crippen LogP contribution is -1.84. The minimum Gasteiger partial charge on any atom is -0.497 e. The molecule has 102 valence electrons. The van der Waals surface area contributed by atoms with Gasteiger partial charge in [0.25, 0.3) is 11.1 Å². The number of aromatic amines is 1. The van der Waals surface area contributed by atoms with Crippen molar-refractivity contribution in [1.82, 2.24) is 15.2 Å². The average molecular weight is 287 g/mol. The Balaban J connectivity index is 1.63. The van der Waals surface area contributed by atoms with Crippen LogP contribution in [0.15, 0.2) is 52.2 Å². The van der Waals surface area contributed by atoms with Crippen LogP contribution in [0.5, 0.6) is 5.75 Å². The van der Waals surface area contributed by atoms with Crippen molar-refractivity contribution in [3.05, 3.63) is 48.2 Å². The summed E-state index contributed by atoms with van der Waals surface area (Å²) in [4.78, 5) is 3.03. The third-order valence-corrected chi connectivity index (χ3v) is 3.65. The first-order valence-corrected chi connectivity index (χ1v) is 7.07. The van der Waals surface area contributed by atoms with Crippen LogP contribution in [0.2, 0.25) is 0 Å². The van der Waals surface area contributed by atoms with E-state index in [0.29, 0.717) is 11.1 Å². The monoisotopic (exact) mass is 287 g/mol. The van der Waals surface area contributed by atoms with Crippen molar-refractivity contribution >= 4 is 11.8 Å². The number of rotatable bonds is 5. The number of nitrogens with one attached hydrogen (secondary N) is 1. The fraction of sp³-hybridized carbons (Fsp3) is 0.143. The van der Waals surface area contributed by atoms with Crippen molar-refractivity contribution in [2.75, 3.05) is 7.11 Å². The first kappa shape index (κ1) is 12.8. The number of hydrogen-bond donors (Lipinski definition) is 1. The zero-order valence-corrected chi connectivity index (χ0v) is 11.7. The van der Waals surface area contributed by atoms with E-state index < -0.39 is 0 Å². The molecule has 2 aromatic heterocycles. The van der Waals surface area contributed by atoms with Gasteiger partial charge in [-0.15, -0.1) is 10.2 Å². The van der Waals surface area contributed by atoms with E-state index in [1.54, 1.807) is 7.11 Å². The summed E-state index contributed by atoms with van der Waals surface area (Å²) < 4.78 is 10.7. The Kier molecular flexibility index (Phi) is 3.73. The van der Waals surface area contributed by atoms with E-state index in [1.165, 1.54) is 17.3 Å². The van der Waals surface area contributed by atoms with E-state index in [2.05, 4.69) is 15.2 Å². The highest BCUT2D eigenvalue weighted by Gasteiger charge is 2.09. The Labute approximate surface area is 120 Å². The predicted molar refractivity (Wildman–Crippen MR) is 76.6 cm³/mol. The van der Waals surface area contributed by atoms with Crippen LogP contribution < -0.4 is 4.74 Å². The molecule has 0 aliphatic heterocycles. The van der Waals surface area contributed by atoms with Crippen LogP contribution in [0.1, 0.15) is 5.56 Å². The molecule has 3 aromatic rings. The topological polar surface area (TPSA) is 63.9 Å². The minimum absolute atomic E-state index is 0.507. The molecule has 0 atom stereocenters. The zero-order valence-electron chi connectivity index (χ0n) is 10.9. The molecule has 20 heavy (non-hydrogen) atoms. The third kappa shape index (κ3) is 2.85. The molecule has 3 rings (SSSR count). The highest BCUT2D eigenvalue weighted by molar-refractivity contribution is 7.98. The molecular weight excluding hydrogens is 274 g/mol. The predicted octanol–water partition coefficient (Wildman–Crippen LogP) is 3.37. The van der Waals surface area contributed by atoms with Gasteiger partial charge in [-0.1, -0.05) is 23.9 Å². The van der Waals surface area contributed by atoms with Gasteiger partial charge in [-0.05, 0) is 29.8 Å². The highest BCUT2D eigenvalue weighted by Crippen LogP contribution is 2.25. The number of nitrogens with zero attached hydrogens (tertiary/aromatic N) is 2. The van der Waals surface area contributed by atoms with Crippen LogP contribution in [-0.2, 0) is 5.75 Å². The zero-order chi connectivity index (χ0) is 13.8.